The van der Waals surface area contributed by atoms with Gasteiger partial charge in [-0.15, -0.1) is 0 Å². The van der Waals surface area contributed by atoms with Gasteiger partial charge in [0.05, 0.1) is 23.2 Å². The highest BCUT2D eigenvalue weighted by molar-refractivity contribution is 6.01. The molecule has 2 N–H and O–H groups in total. The summed E-state index contributed by atoms with van der Waals surface area (Å²) in [6.07, 6.45) is 0.585. The van der Waals surface area contributed by atoms with Crippen LogP contribution in [0.25, 0.3) is 11.0 Å². The van der Waals surface area contributed by atoms with Gasteiger partial charge >= 0.3 is 17.6 Å². The van der Waals surface area contributed by atoms with Crippen molar-refractivity contribution in [1.82, 2.24) is 9.55 Å². The van der Waals surface area contributed by atoms with E-state index in [9.17, 15) is 19.5 Å². The molecule has 1 aromatic heterocycles. The quantitative estimate of drug-likeness (QED) is 0.783. The smallest absolute Gasteiger partial charge is 0.337 e. The van der Waals surface area contributed by atoms with Gasteiger partial charge in [0.1, 0.15) is 0 Å². The number of benzene rings is 1. The molecule has 0 aliphatic rings. The fourth-order valence-electron chi connectivity index (χ4n) is 2.22. The van der Waals surface area contributed by atoms with Crippen LogP contribution in [0.15, 0.2) is 23.0 Å². The predicted molar refractivity (Wildman–Crippen MR) is 75.4 cm³/mol. The lowest BCUT2D eigenvalue weighted by Gasteiger charge is -2.05. The van der Waals surface area contributed by atoms with E-state index in [0.717, 1.165) is 0 Å². The molecular formula is C14H16N2O5. The minimum Gasteiger partial charge on any atom is -0.478 e. The second-order valence-corrected chi connectivity index (χ2v) is 4.50. The van der Waals surface area contributed by atoms with Crippen molar-refractivity contribution in [1.29, 1.82) is 0 Å². The van der Waals surface area contributed by atoms with E-state index < -0.39 is 5.97 Å². The SMILES string of the molecule is CCOC(=O)CCCn1c(=O)[nH]c2cccc(C(=O)O)c21. The highest BCUT2D eigenvalue weighted by Crippen LogP contribution is 2.16. The lowest BCUT2D eigenvalue weighted by atomic mass is 10.2. The zero-order chi connectivity index (χ0) is 15.4. The average Bonchev–Trinajstić information content (AvgIpc) is 2.75. The molecule has 112 valence electrons. The van der Waals surface area contributed by atoms with E-state index in [2.05, 4.69) is 4.98 Å². The van der Waals surface area contributed by atoms with E-state index in [1.54, 1.807) is 19.1 Å². The molecule has 0 atom stereocenters. The lowest BCUT2D eigenvalue weighted by Crippen LogP contribution is -2.18. The van der Waals surface area contributed by atoms with Crippen molar-refractivity contribution < 1.29 is 19.4 Å². The third kappa shape index (κ3) is 3.13. The molecular weight excluding hydrogens is 276 g/mol. The summed E-state index contributed by atoms with van der Waals surface area (Å²) >= 11 is 0. The second-order valence-electron chi connectivity index (χ2n) is 4.50. The molecule has 1 aromatic carbocycles. The second kappa shape index (κ2) is 6.25. The predicted octanol–water partition coefficient (Wildman–Crippen LogP) is 1.37. The van der Waals surface area contributed by atoms with Crippen LogP contribution in [0, 0.1) is 0 Å². The number of carboxylic acid groups (broad SMARTS) is 1. The number of nitrogens with zero attached hydrogens (tertiary/aromatic N) is 1. The molecule has 2 aromatic rings. The summed E-state index contributed by atoms with van der Waals surface area (Å²) in [7, 11) is 0. The number of carboxylic acids is 1. The maximum absolute atomic E-state index is 11.9. The molecule has 7 nitrogen and oxygen atoms in total. The van der Waals surface area contributed by atoms with Gasteiger partial charge in [-0.05, 0) is 25.5 Å². The van der Waals surface area contributed by atoms with Crippen molar-refractivity contribution in [2.45, 2.75) is 26.3 Å². The average molecular weight is 292 g/mol. The van der Waals surface area contributed by atoms with Gasteiger partial charge in [-0.3, -0.25) is 9.36 Å². The Morgan fingerprint density at radius 3 is 2.81 bits per heavy atom. The largest absolute Gasteiger partial charge is 0.478 e. The summed E-state index contributed by atoms with van der Waals surface area (Å²) in [5.41, 5.74) is 0.486. The van der Waals surface area contributed by atoms with E-state index in [4.69, 9.17) is 4.74 Å². The molecule has 7 heteroatoms. The number of ether oxygens (including phenoxy) is 1. The summed E-state index contributed by atoms with van der Waals surface area (Å²) < 4.78 is 6.16. The summed E-state index contributed by atoms with van der Waals surface area (Å²) in [5.74, 6) is -1.43. The monoisotopic (exact) mass is 292 g/mol. The lowest BCUT2D eigenvalue weighted by molar-refractivity contribution is -0.143. The molecule has 0 saturated carbocycles. The number of imidazole rings is 1. The number of carbonyl (C=O) groups excluding carboxylic acids is 1. The number of carbonyl (C=O) groups is 2. The topological polar surface area (TPSA) is 101 Å². The maximum Gasteiger partial charge on any atom is 0.337 e. The fourth-order valence-corrected chi connectivity index (χ4v) is 2.22. The number of aryl methyl sites for hydroxylation is 1. The molecule has 1 heterocycles. The van der Waals surface area contributed by atoms with Crippen LogP contribution in [0.4, 0.5) is 0 Å². The first-order chi connectivity index (χ1) is 10.0. The molecule has 0 radical (unpaired) electrons. The highest BCUT2D eigenvalue weighted by Gasteiger charge is 2.15. The summed E-state index contributed by atoms with van der Waals surface area (Å²) in [6.45, 7) is 2.29. The van der Waals surface area contributed by atoms with Crippen molar-refractivity contribution in [2.75, 3.05) is 6.61 Å². The van der Waals surface area contributed by atoms with Crippen LogP contribution in [-0.4, -0.2) is 33.2 Å². The third-order valence-electron chi connectivity index (χ3n) is 3.09. The number of aromatic carboxylic acids is 1. The molecule has 0 amide bonds. The minimum absolute atomic E-state index is 0.0574. The molecule has 2 rings (SSSR count). The van der Waals surface area contributed by atoms with Gasteiger partial charge in [0.25, 0.3) is 0 Å². The third-order valence-corrected chi connectivity index (χ3v) is 3.09. The number of hydrogen-bond acceptors (Lipinski definition) is 4. The standard InChI is InChI=1S/C14H16N2O5/c1-2-21-11(17)7-4-8-16-12-9(13(18)19)5-3-6-10(12)15-14(16)20/h3,5-6H,2,4,7-8H2,1H3,(H,15,20)(H,18,19). The van der Waals surface area contributed by atoms with Crippen LogP contribution in [-0.2, 0) is 16.1 Å². The van der Waals surface area contributed by atoms with Gasteiger partial charge < -0.3 is 14.8 Å². The number of aromatic amines is 1. The van der Waals surface area contributed by atoms with Gasteiger partial charge in [-0.25, -0.2) is 9.59 Å². The number of rotatable bonds is 6. The molecule has 0 saturated heterocycles. The Kier molecular flexibility index (Phi) is 4.42. The number of esters is 1. The summed E-state index contributed by atoms with van der Waals surface area (Å²) in [6, 6.07) is 4.66. The Bertz CT molecular complexity index is 729. The van der Waals surface area contributed by atoms with Crippen LogP contribution in [0.5, 0.6) is 0 Å². The molecule has 0 fully saturated rings. The van der Waals surface area contributed by atoms with Crippen molar-refractivity contribution in [3.05, 3.63) is 34.2 Å². The van der Waals surface area contributed by atoms with Gasteiger partial charge in [0.2, 0.25) is 0 Å². The fraction of sp³-hybridized carbons (Fsp3) is 0.357. The van der Waals surface area contributed by atoms with Crippen molar-refractivity contribution in [3.8, 4) is 0 Å². The number of para-hydroxylation sites is 1. The van der Waals surface area contributed by atoms with Crippen LogP contribution in [0.1, 0.15) is 30.1 Å². The number of H-pyrrole nitrogens is 1. The Labute approximate surface area is 120 Å². The van der Waals surface area contributed by atoms with Gasteiger partial charge in [0, 0.05) is 13.0 Å². The van der Waals surface area contributed by atoms with E-state index in [1.807, 2.05) is 0 Å². The number of fused-ring (bicyclic) bond motifs is 1. The molecule has 0 spiro atoms. The van der Waals surface area contributed by atoms with Crippen LogP contribution >= 0.6 is 0 Å². The number of nitrogens with one attached hydrogen (secondary N) is 1. The zero-order valence-electron chi connectivity index (χ0n) is 11.6. The first-order valence-electron chi connectivity index (χ1n) is 6.65. The van der Waals surface area contributed by atoms with Gasteiger partial charge in [-0.1, -0.05) is 6.07 Å². The van der Waals surface area contributed by atoms with Crippen molar-refractivity contribution >= 4 is 23.0 Å². The molecule has 21 heavy (non-hydrogen) atoms. The zero-order valence-corrected chi connectivity index (χ0v) is 11.6. The molecule has 0 unspecified atom stereocenters. The maximum atomic E-state index is 11.9. The van der Waals surface area contributed by atoms with E-state index in [0.29, 0.717) is 24.1 Å². The summed E-state index contributed by atoms with van der Waals surface area (Å²) in [5, 5.41) is 9.20. The molecule has 0 aliphatic heterocycles. The Morgan fingerprint density at radius 2 is 2.14 bits per heavy atom. The first kappa shape index (κ1) is 14.8. The van der Waals surface area contributed by atoms with Crippen molar-refractivity contribution in [3.63, 3.8) is 0 Å². The van der Waals surface area contributed by atoms with Gasteiger partial charge in [-0.2, -0.15) is 0 Å². The van der Waals surface area contributed by atoms with E-state index >= 15 is 0 Å². The molecule has 0 aliphatic carbocycles. The Hall–Kier alpha value is -2.57. The first-order valence-corrected chi connectivity index (χ1v) is 6.65. The number of aromatic nitrogens is 2. The van der Waals surface area contributed by atoms with E-state index in [1.165, 1.54) is 10.6 Å². The Balaban J connectivity index is 2.27. The van der Waals surface area contributed by atoms with Gasteiger partial charge in [0.15, 0.2) is 0 Å². The van der Waals surface area contributed by atoms with Crippen molar-refractivity contribution in [2.24, 2.45) is 0 Å². The highest BCUT2D eigenvalue weighted by atomic mass is 16.5. The van der Waals surface area contributed by atoms with Crippen LogP contribution in [0.3, 0.4) is 0 Å². The van der Waals surface area contributed by atoms with E-state index in [-0.39, 0.29) is 30.2 Å². The van der Waals surface area contributed by atoms with Crippen LogP contribution < -0.4 is 5.69 Å². The normalized spacial score (nSPS) is 10.7. The molecule has 0 bridgehead atoms. The number of hydrogen-bond donors (Lipinski definition) is 2. The minimum atomic E-state index is -1.10. The Morgan fingerprint density at radius 1 is 1.38 bits per heavy atom. The van der Waals surface area contributed by atoms with Crippen LogP contribution in [0.2, 0.25) is 0 Å². The summed E-state index contributed by atoms with van der Waals surface area (Å²) in [4.78, 5) is 37.1.